The van der Waals surface area contributed by atoms with Gasteiger partial charge in [-0.3, -0.25) is 14.2 Å². The molecular formula is C32H35N3O3. The Kier molecular flexibility index (Phi) is 7.99. The number of nitrogens with zero attached hydrogens (tertiary/aromatic N) is 2. The van der Waals surface area contributed by atoms with Gasteiger partial charge in [0.2, 0.25) is 0 Å². The van der Waals surface area contributed by atoms with Crippen LogP contribution < -0.4 is 11.2 Å². The Morgan fingerprint density at radius 3 is 2.39 bits per heavy atom. The van der Waals surface area contributed by atoms with Crippen molar-refractivity contribution in [1.82, 2.24) is 14.5 Å². The average Bonchev–Trinajstić information content (AvgIpc) is 2.93. The van der Waals surface area contributed by atoms with E-state index >= 15 is 0 Å². The Morgan fingerprint density at radius 2 is 1.66 bits per heavy atom. The van der Waals surface area contributed by atoms with Gasteiger partial charge in [-0.2, -0.15) is 0 Å². The molecule has 0 bridgehead atoms. The number of fused-ring (bicyclic) bond motifs is 1. The number of aryl methyl sites for hydroxylation is 1. The number of likely N-dealkylation sites (tertiary alicyclic amines) is 1. The van der Waals surface area contributed by atoms with Crippen LogP contribution in [0.3, 0.4) is 0 Å². The predicted octanol–water partition coefficient (Wildman–Crippen LogP) is 4.96. The molecule has 0 saturated carbocycles. The molecule has 0 spiro atoms. The van der Waals surface area contributed by atoms with E-state index in [1.54, 1.807) is 18.2 Å². The second-order valence-corrected chi connectivity index (χ2v) is 10.6. The number of hydrogen-bond acceptors (Lipinski definition) is 4. The van der Waals surface area contributed by atoms with Crippen molar-refractivity contribution >= 4 is 16.7 Å². The fourth-order valence-corrected chi connectivity index (χ4v) is 5.42. The van der Waals surface area contributed by atoms with E-state index in [0.29, 0.717) is 22.9 Å². The Balaban J connectivity index is 1.16. The molecule has 0 unspecified atom stereocenters. The van der Waals surface area contributed by atoms with E-state index in [2.05, 4.69) is 40.2 Å². The summed E-state index contributed by atoms with van der Waals surface area (Å²) < 4.78 is 1.21. The first-order valence-electron chi connectivity index (χ1n) is 13.6. The molecular weight excluding hydrogens is 474 g/mol. The molecule has 1 N–H and O–H groups in total. The van der Waals surface area contributed by atoms with E-state index in [1.165, 1.54) is 23.0 Å². The van der Waals surface area contributed by atoms with Crippen LogP contribution in [0.15, 0.2) is 82.4 Å². The lowest BCUT2D eigenvalue weighted by Gasteiger charge is -2.32. The number of carbonyl (C=O) groups excluding carboxylic acids is 1. The zero-order valence-electron chi connectivity index (χ0n) is 22.0. The number of Topliss-reactive ketones (excluding diaryl/α,β-unsaturated/α-hetero) is 1. The summed E-state index contributed by atoms with van der Waals surface area (Å²) in [5, 5.41) is 0.409. The lowest BCUT2D eigenvalue weighted by molar-refractivity contribution is 0.0970. The fourth-order valence-electron chi connectivity index (χ4n) is 5.42. The van der Waals surface area contributed by atoms with Crippen molar-refractivity contribution in [2.45, 2.75) is 45.6 Å². The third kappa shape index (κ3) is 6.20. The van der Waals surface area contributed by atoms with Gasteiger partial charge in [-0.1, -0.05) is 66.2 Å². The summed E-state index contributed by atoms with van der Waals surface area (Å²) in [5.41, 5.74) is 3.54. The van der Waals surface area contributed by atoms with Crippen molar-refractivity contribution in [3.8, 4) is 0 Å². The normalized spacial score (nSPS) is 14.7. The summed E-state index contributed by atoms with van der Waals surface area (Å²) >= 11 is 0. The van der Waals surface area contributed by atoms with Crippen LogP contribution in [0.4, 0.5) is 0 Å². The van der Waals surface area contributed by atoms with Gasteiger partial charge in [-0.05, 0) is 81.4 Å². The Morgan fingerprint density at radius 1 is 0.921 bits per heavy atom. The van der Waals surface area contributed by atoms with Crippen LogP contribution in [0.1, 0.15) is 52.7 Å². The number of aromatic amines is 1. The molecule has 3 aromatic carbocycles. The molecule has 2 heterocycles. The molecule has 6 heteroatoms. The lowest BCUT2D eigenvalue weighted by atomic mass is 9.90. The van der Waals surface area contributed by atoms with Crippen LogP contribution >= 0.6 is 0 Å². The first kappa shape index (κ1) is 25.9. The maximum Gasteiger partial charge on any atom is 0.329 e. The number of H-pyrrole nitrogens is 1. The third-order valence-corrected chi connectivity index (χ3v) is 7.72. The van der Waals surface area contributed by atoms with E-state index < -0.39 is 5.69 Å². The molecule has 1 saturated heterocycles. The second-order valence-electron chi connectivity index (χ2n) is 10.6. The fraction of sp³-hybridized carbons (Fsp3) is 0.344. The Hall–Kier alpha value is -3.77. The number of rotatable bonds is 9. The van der Waals surface area contributed by atoms with Crippen LogP contribution in [0.5, 0.6) is 0 Å². The summed E-state index contributed by atoms with van der Waals surface area (Å²) in [4.78, 5) is 43.9. The standard InChI is InChI=1S/C32H35N3O3/c1-23-9-11-26(12-10-23)22-35-31(37)28-14-13-27(21-29(28)33-32(35)38)30(36)8-5-17-34-18-15-25(16-19-34)20-24-6-3-2-4-7-24/h2-4,6-7,9-14,21,25H,5,8,15-20,22H2,1H3,(H,33,38). The van der Waals surface area contributed by atoms with Gasteiger partial charge in [-0.25, -0.2) is 4.79 Å². The summed E-state index contributed by atoms with van der Waals surface area (Å²) in [6, 6.07) is 23.5. The number of hydrogen-bond donors (Lipinski definition) is 1. The minimum absolute atomic E-state index is 0.0375. The van der Waals surface area contributed by atoms with Gasteiger partial charge in [0, 0.05) is 12.0 Å². The van der Waals surface area contributed by atoms with Crippen LogP contribution in [0.2, 0.25) is 0 Å². The molecule has 1 fully saturated rings. The smallest absolute Gasteiger partial charge is 0.307 e. The minimum Gasteiger partial charge on any atom is -0.307 e. The number of aromatic nitrogens is 2. The van der Waals surface area contributed by atoms with Crippen molar-refractivity contribution < 1.29 is 4.79 Å². The van der Waals surface area contributed by atoms with Gasteiger partial charge in [0.15, 0.2) is 5.78 Å². The topological polar surface area (TPSA) is 75.2 Å². The van der Waals surface area contributed by atoms with Crippen LogP contribution in [-0.2, 0) is 13.0 Å². The second kappa shape index (κ2) is 11.7. The van der Waals surface area contributed by atoms with Crippen LogP contribution in [0.25, 0.3) is 10.9 Å². The highest BCUT2D eigenvalue weighted by molar-refractivity contribution is 5.99. The number of benzene rings is 3. The molecule has 196 valence electrons. The SMILES string of the molecule is Cc1ccc(Cn2c(=O)[nH]c3cc(C(=O)CCCN4CCC(Cc5ccccc5)CC4)ccc3c2=O)cc1. The van der Waals surface area contributed by atoms with Crippen molar-refractivity contribution in [2.24, 2.45) is 5.92 Å². The van der Waals surface area contributed by atoms with E-state index in [9.17, 15) is 14.4 Å². The first-order chi connectivity index (χ1) is 18.5. The van der Waals surface area contributed by atoms with Crippen molar-refractivity contribution in [3.05, 3.63) is 116 Å². The largest absolute Gasteiger partial charge is 0.329 e. The monoisotopic (exact) mass is 509 g/mol. The van der Waals surface area contributed by atoms with Crippen molar-refractivity contribution in [1.29, 1.82) is 0 Å². The van der Waals surface area contributed by atoms with Crippen LogP contribution in [0, 0.1) is 12.8 Å². The first-order valence-corrected chi connectivity index (χ1v) is 13.6. The highest BCUT2D eigenvalue weighted by Crippen LogP contribution is 2.22. The molecule has 38 heavy (non-hydrogen) atoms. The maximum absolute atomic E-state index is 13.0. The van der Waals surface area contributed by atoms with Gasteiger partial charge >= 0.3 is 5.69 Å². The molecule has 0 amide bonds. The summed E-state index contributed by atoms with van der Waals surface area (Å²) in [5.74, 6) is 0.770. The molecule has 5 rings (SSSR count). The number of ketones is 1. The van der Waals surface area contributed by atoms with E-state index in [-0.39, 0.29) is 17.9 Å². The zero-order valence-corrected chi connectivity index (χ0v) is 22.0. The van der Waals surface area contributed by atoms with Crippen molar-refractivity contribution in [3.63, 3.8) is 0 Å². The predicted molar refractivity (Wildman–Crippen MR) is 152 cm³/mol. The highest BCUT2D eigenvalue weighted by Gasteiger charge is 2.19. The van der Waals surface area contributed by atoms with Gasteiger partial charge < -0.3 is 9.88 Å². The molecule has 0 aliphatic carbocycles. The van der Waals surface area contributed by atoms with Gasteiger partial charge in [0.05, 0.1) is 17.4 Å². The summed E-state index contributed by atoms with van der Waals surface area (Å²) in [6.45, 7) is 5.27. The molecule has 1 aromatic heterocycles. The number of carbonyl (C=O) groups is 1. The summed E-state index contributed by atoms with van der Waals surface area (Å²) in [6.07, 6.45) is 4.79. The van der Waals surface area contributed by atoms with Gasteiger partial charge in [-0.15, -0.1) is 0 Å². The molecule has 0 atom stereocenters. The molecule has 4 aromatic rings. The van der Waals surface area contributed by atoms with Crippen molar-refractivity contribution in [2.75, 3.05) is 19.6 Å². The number of nitrogens with one attached hydrogen (secondary N) is 1. The minimum atomic E-state index is -0.469. The molecule has 1 aliphatic rings. The Bertz CT molecular complexity index is 1510. The Labute approximate surface area is 222 Å². The van der Waals surface area contributed by atoms with Gasteiger partial charge in [0.1, 0.15) is 0 Å². The van der Waals surface area contributed by atoms with Gasteiger partial charge in [0.25, 0.3) is 5.56 Å². The quantitative estimate of drug-likeness (QED) is 0.324. The van der Waals surface area contributed by atoms with E-state index in [4.69, 9.17) is 0 Å². The summed E-state index contributed by atoms with van der Waals surface area (Å²) in [7, 11) is 0. The lowest BCUT2D eigenvalue weighted by Crippen LogP contribution is -2.35. The molecule has 6 nitrogen and oxygen atoms in total. The molecule has 0 radical (unpaired) electrons. The average molecular weight is 510 g/mol. The third-order valence-electron chi connectivity index (χ3n) is 7.72. The zero-order chi connectivity index (χ0) is 26.5. The highest BCUT2D eigenvalue weighted by atomic mass is 16.2. The van der Waals surface area contributed by atoms with E-state index in [0.717, 1.165) is 49.5 Å². The van der Waals surface area contributed by atoms with E-state index in [1.807, 2.05) is 31.2 Å². The van der Waals surface area contributed by atoms with Crippen LogP contribution in [-0.4, -0.2) is 39.9 Å². The maximum atomic E-state index is 13.0. The molecule has 1 aliphatic heterocycles. The number of piperidine rings is 1.